The van der Waals surface area contributed by atoms with Gasteiger partial charge in [-0.2, -0.15) is 18.3 Å². The molecule has 0 unspecified atom stereocenters. The molecule has 1 heterocycles. The molecule has 0 amide bonds. The summed E-state index contributed by atoms with van der Waals surface area (Å²) in [6.45, 7) is 1.17. The van der Waals surface area contributed by atoms with Crippen LogP contribution < -0.4 is 10.6 Å². The number of nitrogens with one attached hydrogen (secondary N) is 1. The minimum Gasteiger partial charge on any atom is -0.361 e. The number of nitrogens with two attached hydrogens (primary N) is 1. The molecule has 2 aromatic rings. The highest BCUT2D eigenvalue weighted by molar-refractivity contribution is 7.92. The molecule has 11 heteroatoms. The standard InChI is InChI=1S/C19H20ClF3N4O2S/c20-17-3-1-2-4-18(17)30(28,29)26-16-10-14(9-15(11-16)19(21,22)23)13-5-7-27(8-6-13)12-25-24/h1-4,9-13,26H,5-8,24H2. The molecule has 1 saturated heterocycles. The average Bonchev–Trinajstić information content (AvgIpc) is 2.68. The van der Waals surface area contributed by atoms with E-state index in [1.165, 1.54) is 30.6 Å². The minimum atomic E-state index is -4.62. The average molecular weight is 461 g/mol. The second-order valence-corrected chi connectivity index (χ2v) is 9.01. The zero-order chi connectivity index (χ0) is 21.9. The van der Waals surface area contributed by atoms with Gasteiger partial charge in [0.1, 0.15) is 11.2 Å². The number of rotatable bonds is 5. The molecule has 0 aliphatic carbocycles. The van der Waals surface area contributed by atoms with Crippen molar-refractivity contribution in [3.05, 3.63) is 58.6 Å². The highest BCUT2D eigenvalue weighted by Crippen LogP contribution is 2.37. The van der Waals surface area contributed by atoms with E-state index in [2.05, 4.69) is 9.82 Å². The molecule has 0 bridgehead atoms. The first kappa shape index (κ1) is 22.2. The second-order valence-electron chi connectivity index (χ2n) is 6.95. The number of hydrazone groups is 1. The highest BCUT2D eigenvalue weighted by Gasteiger charge is 2.33. The molecule has 3 N–H and O–H groups in total. The van der Waals surface area contributed by atoms with Crippen molar-refractivity contribution in [3.63, 3.8) is 0 Å². The van der Waals surface area contributed by atoms with E-state index in [1.807, 2.05) is 4.90 Å². The molecule has 1 aliphatic heterocycles. The Bertz CT molecular complexity index is 1040. The largest absolute Gasteiger partial charge is 0.416 e. The van der Waals surface area contributed by atoms with Crippen LogP contribution in [0.4, 0.5) is 18.9 Å². The number of sulfonamides is 1. The minimum absolute atomic E-state index is 0.0221. The fraction of sp³-hybridized carbons (Fsp3) is 0.316. The summed E-state index contributed by atoms with van der Waals surface area (Å²) in [5.41, 5.74) is -0.653. The normalized spacial score (nSPS) is 16.2. The Morgan fingerprint density at radius 3 is 2.43 bits per heavy atom. The first-order valence-electron chi connectivity index (χ1n) is 9.07. The van der Waals surface area contributed by atoms with Crippen molar-refractivity contribution in [2.45, 2.75) is 29.8 Å². The van der Waals surface area contributed by atoms with Crippen molar-refractivity contribution in [3.8, 4) is 0 Å². The molecular formula is C19H20ClF3N4O2S. The van der Waals surface area contributed by atoms with E-state index in [9.17, 15) is 21.6 Å². The van der Waals surface area contributed by atoms with Gasteiger partial charge in [-0.1, -0.05) is 23.7 Å². The van der Waals surface area contributed by atoms with Crippen LogP contribution in [0.1, 0.15) is 29.9 Å². The van der Waals surface area contributed by atoms with Crippen LogP contribution in [-0.4, -0.2) is 32.7 Å². The molecule has 0 saturated carbocycles. The van der Waals surface area contributed by atoms with Crippen LogP contribution in [0.3, 0.4) is 0 Å². The lowest BCUT2D eigenvalue weighted by molar-refractivity contribution is -0.137. The molecule has 3 rings (SSSR count). The lowest BCUT2D eigenvalue weighted by atomic mass is 9.88. The molecule has 0 aromatic heterocycles. The predicted octanol–water partition coefficient (Wildman–Crippen LogP) is 4.24. The first-order valence-corrected chi connectivity index (χ1v) is 10.9. The summed E-state index contributed by atoms with van der Waals surface area (Å²) in [5.74, 6) is 4.98. The van der Waals surface area contributed by atoms with Crippen LogP contribution in [0.2, 0.25) is 5.02 Å². The Hall–Kier alpha value is -2.46. The molecule has 162 valence electrons. The van der Waals surface area contributed by atoms with Gasteiger partial charge in [0.25, 0.3) is 10.0 Å². The monoisotopic (exact) mass is 460 g/mol. The summed E-state index contributed by atoms with van der Waals surface area (Å²) < 4.78 is 68.0. The third-order valence-electron chi connectivity index (χ3n) is 4.89. The molecule has 0 atom stereocenters. The lowest BCUT2D eigenvalue weighted by Crippen LogP contribution is -2.32. The molecule has 0 radical (unpaired) electrons. The van der Waals surface area contributed by atoms with Crippen LogP contribution >= 0.6 is 11.6 Å². The second kappa shape index (κ2) is 8.73. The molecule has 1 fully saturated rings. The van der Waals surface area contributed by atoms with Gasteiger partial charge in [-0.3, -0.25) is 4.72 Å². The maximum Gasteiger partial charge on any atom is 0.416 e. The van der Waals surface area contributed by atoms with Crippen LogP contribution in [0, 0.1) is 0 Å². The quantitative estimate of drug-likeness (QED) is 0.302. The van der Waals surface area contributed by atoms with E-state index in [4.69, 9.17) is 17.4 Å². The number of piperidine rings is 1. The van der Waals surface area contributed by atoms with E-state index >= 15 is 0 Å². The fourth-order valence-electron chi connectivity index (χ4n) is 3.43. The summed E-state index contributed by atoms with van der Waals surface area (Å²) >= 11 is 5.95. The van der Waals surface area contributed by atoms with Gasteiger partial charge in [0.05, 0.1) is 10.6 Å². The number of nitrogens with zero attached hydrogens (tertiary/aromatic N) is 2. The summed E-state index contributed by atoms with van der Waals surface area (Å²) in [4.78, 5) is 1.67. The zero-order valence-electron chi connectivity index (χ0n) is 15.7. The van der Waals surface area contributed by atoms with E-state index in [-0.39, 0.29) is 21.5 Å². The van der Waals surface area contributed by atoms with Crippen molar-refractivity contribution >= 4 is 33.7 Å². The highest BCUT2D eigenvalue weighted by atomic mass is 35.5. The van der Waals surface area contributed by atoms with Gasteiger partial charge in [-0.15, -0.1) is 0 Å². The number of hydrogen-bond acceptors (Lipinski definition) is 4. The molecule has 6 nitrogen and oxygen atoms in total. The van der Waals surface area contributed by atoms with E-state index in [0.29, 0.717) is 31.5 Å². The van der Waals surface area contributed by atoms with Gasteiger partial charge >= 0.3 is 6.18 Å². The van der Waals surface area contributed by atoms with Crippen molar-refractivity contribution in [2.24, 2.45) is 10.9 Å². The fourth-order valence-corrected chi connectivity index (χ4v) is 4.99. The third kappa shape index (κ3) is 5.17. The van der Waals surface area contributed by atoms with Gasteiger partial charge in [0, 0.05) is 18.8 Å². The molecule has 0 spiro atoms. The summed E-state index contributed by atoms with van der Waals surface area (Å²) in [6.07, 6.45) is -1.95. The number of anilines is 1. The Balaban J connectivity index is 1.93. The molecule has 30 heavy (non-hydrogen) atoms. The topological polar surface area (TPSA) is 87.8 Å². The van der Waals surface area contributed by atoms with Gasteiger partial charge in [0.15, 0.2) is 0 Å². The maximum absolute atomic E-state index is 13.5. The Labute approximate surface area is 177 Å². The predicted molar refractivity (Wildman–Crippen MR) is 110 cm³/mol. The lowest BCUT2D eigenvalue weighted by Gasteiger charge is -2.31. The Morgan fingerprint density at radius 2 is 1.83 bits per heavy atom. The number of hydrogen-bond donors (Lipinski definition) is 2. The third-order valence-corrected chi connectivity index (χ3v) is 6.77. The van der Waals surface area contributed by atoms with Gasteiger partial charge in [-0.05, 0) is 54.7 Å². The van der Waals surface area contributed by atoms with Crippen molar-refractivity contribution in [1.29, 1.82) is 0 Å². The Morgan fingerprint density at radius 1 is 1.17 bits per heavy atom. The van der Waals surface area contributed by atoms with Crippen LogP contribution in [0.5, 0.6) is 0 Å². The molecule has 2 aromatic carbocycles. The summed E-state index contributed by atoms with van der Waals surface area (Å²) in [7, 11) is -4.16. The first-order chi connectivity index (χ1) is 14.1. The van der Waals surface area contributed by atoms with Crippen molar-refractivity contribution < 1.29 is 21.6 Å². The van der Waals surface area contributed by atoms with Gasteiger partial charge in [-0.25, -0.2) is 8.42 Å². The molecule has 1 aliphatic rings. The van der Waals surface area contributed by atoms with Crippen molar-refractivity contribution in [2.75, 3.05) is 17.8 Å². The van der Waals surface area contributed by atoms with E-state index < -0.39 is 21.8 Å². The number of benzene rings is 2. The zero-order valence-corrected chi connectivity index (χ0v) is 17.3. The number of likely N-dealkylation sites (tertiary alicyclic amines) is 1. The van der Waals surface area contributed by atoms with Crippen molar-refractivity contribution in [1.82, 2.24) is 4.90 Å². The van der Waals surface area contributed by atoms with Gasteiger partial charge < -0.3 is 10.7 Å². The number of halogens is 4. The molecular weight excluding hydrogens is 441 g/mol. The Kier molecular flexibility index (Phi) is 6.47. The van der Waals surface area contributed by atoms with E-state index in [1.54, 1.807) is 6.07 Å². The maximum atomic E-state index is 13.5. The SMILES string of the molecule is NN=CN1CCC(c2cc(NS(=O)(=O)c3ccccc3Cl)cc(C(F)(F)F)c2)CC1. The van der Waals surface area contributed by atoms with E-state index in [0.717, 1.165) is 12.1 Å². The van der Waals surface area contributed by atoms with Gasteiger partial charge in [0.2, 0.25) is 0 Å². The summed E-state index contributed by atoms with van der Waals surface area (Å²) in [5, 5.41) is 3.44. The van der Waals surface area contributed by atoms with Crippen LogP contribution in [0.25, 0.3) is 0 Å². The smallest absolute Gasteiger partial charge is 0.361 e. The van der Waals surface area contributed by atoms with Crippen LogP contribution in [0.15, 0.2) is 52.5 Å². The van der Waals surface area contributed by atoms with Crippen LogP contribution in [-0.2, 0) is 16.2 Å². The number of alkyl halides is 3. The summed E-state index contributed by atoms with van der Waals surface area (Å²) in [6, 6.07) is 9.03.